The van der Waals surface area contributed by atoms with E-state index in [-0.39, 0.29) is 23.7 Å². The van der Waals surface area contributed by atoms with E-state index in [1.54, 1.807) is 12.1 Å². The summed E-state index contributed by atoms with van der Waals surface area (Å²) in [6.07, 6.45) is 1.90. The molecule has 8 heteroatoms. The van der Waals surface area contributed by atoms with Crippen molar-refractivity contribution in [2.75, 3.05) is 6.61 Å². The number of nitrogens with zero attached hydrogens (tertiary/aromatic N) is 1. The average Bonchev–Trinajstić information content (AvgIpc) is 3.05. The van der Waals surface area contributed by atoms with Crippen molar-refractivity contribution in [1.82, 2.24) is 4.98 Å². The summed E-state index contributed by atoms with van der Waals surface area (Å²) in [5.74, 6) is 3.75. The van der Waals surface area contributed by atoms with Gasteiger partial charge in [-0.15, -0.1) is 0 Å². The number of benzene rings is 3. The lowest BCUT2D eigenvalue weighted by atomic mass is 9.90. The number of aromatic nitrogens is 1. The second-order valence-electron chi connectivity index (χ2n) is 9.77. The zero-order valence-corrected chi connectivity index (χ0v) is 20.8. The van der Waals surface area contributed by atoms with Crippen LogP contribution in [0.5, 0.6) is 11.5 Å². The molecule has 7 nitrogen and oxygen atoms in total. The van der Waals surface area contributed by atoms with Crippen LogP contribution in [0, 0.1) is 0 Å². The Kier molecular flexibility index (Phi) is 6.32. The number of fused-ring (bicyclic) bond motifs is 2. The van der Waals surface area contributed by atoms with Crippen molar-refractivity contribution < 1.29 is 23.2 Å². The minimum Gasteiger partial charge on any atom is -0.490 e. The fourth-order valence-corrected chi connectivity index (χ4v) is 3.80. The van der Waals surface area contributed by atoms with Gasteiger partial charge < -0.3 is 23.2 Å². The molecule has 0 atom stereocenters. The fraction of sp³-hybridized carbons (Fsp3) is 0.286. The highest BCUT2D eigenvalue weighted by atomic mass is 16.7. The molecule has 2 heterocycles. The fourth-order valence-electron chi connectivity index (χ4n) is 3.80. The van der Waals surface area contributed by atoms with Gasteiger partial charge in [-0.3, -0.25) is 4.79 Å². The predicted octanol–water partition coefficient (Wildman–Crippen LogP) is 5.44. The summed E-state index contributed by atoms with van der Waals surface area (Å²) in [6, 6.07) is 17.8. The van der Waals surface area contributed by atoms with Crippen molar-refractivity contribution in [3.63, 3.8) is 0 Å². The Hall–Kier alpha value is -3.62. The van der Waals surface area contributed by atoms with Gasteiger partial charge in [0.2, 0.25) is 0 Å². The maximum Gasteiger partial charge on any atom is 0.486 e. The first-order valence-electron chi connectivity index (χ1n) is 11.9. The molecule has 1 fully saturated rings. The summed E-state index contributed by atoms with van der Waals surface area (Å²) in [6.45, 7) is 8.92. The van der Waals surface area contributed by atoms with Gasteiger partial charge in [0.1, 0.15) is 35.9 Å². The van der Waals surface area contributed by atoms with Crippen molar-refractivity contribution in [3.05, 3.63) is 88.5 Å². The van der Waals surface area contributed by atoms with Gasteiger partial charge in [-0.2, -0.15) is 0 Å². The quantitative estimate of drug-likeness (QED) is 0.255. The predicted molar refractivity (Wildman–Crippen MR) is 138 cm³/mol. The van der Waals surface area contributed by atoms with Crippen molar-refractivity contribution >= 4 is 18.2 Å². The van der Waals surface area contributed by atoms with E-state index in [1.165, 1.54) is 12.1 Å². The highest BCUT2D eigenvalue weighted by Gasteiger charge is 2.49. The zero-order chi connectivity index (χ0) is 25.3. The number of ether oxygens (including phenoxy) is 2. The van der Waals surface area contributed by atoms with Gasteiger partial charge in [-0.25, -0.2) is 4.98 Å². The molecule has 0 N–H and O–H groups in total. The molecule has 2 aliphatic heterocycles. The Morgan fingerprint density at radius 3 is 2.36 bits per heavy atom. The first-order valence-corrected chi connectivity index (χ1v) is 11.9. The van der Waals surface area contributed by atoms with E-state index in [0.717, 1.165) is 11.3 Å². The molecule has 0 unspecified atom stereocenters. The van der Waals surface area contributed by atoms with Crippen molar-refractivity contribution in [2.45, 2.75) is 45.5 Å². The second kappa shape index (κ2) is 9.45. The van der Waals surface area contributed by atoms with Gasteiger partial charge in [0.15, 0.2) is 16.8 Å². The minimum atomic E-state index is -0.375. The smallest absolute Gasteiger partial charge is 0.486 e. The Balaban J connectivity index is 1.15. The summed E-state index contributed by atoms with van der Waals surface area (Å²) in [5, 5.41) is 0. The molecule has 2 aromatic carbocycles. The lowest BCUT2D eigenvalue weighted by Crippen LogP contribution is -2.41. The average molecular weight is 485 g/mol. The van der Waals surface area contributed by atoms with Gasteiger partial charge in [0.05, 0.1) is 11.2 Å². The van der Waals surface area contributed by atoms with E-state index in [1.807, 2.05) is 76.1 Å². The maximum atomic E-state index is 11.6. The second-order valence-corrected chi connectivity index (χ2v) is 9.77. The molecule has 1 aliphatic carbocycles. The van der Waals surface area contributed by atoms with Crippen LogP contribution in [0.15, 0.2) is 81.9 Å². The maximum absolute atomic E-state index is 11.6. The van der Waals surface area contributed by atoms with Crippen LogP contribution in [0.2, 0.25) is 0 Å². The molecule has 0 aromatic heterocycles. The zero-order valence-electron chi connectivity index (χ0n) is 20.8. The highest BCUT2D eigenvalue weighted by molar-refractivity contribution is 6.51. The standard InChI is InChI=1S/C28H28BNO6/c1-27(2)28(3,4)36-29(35-27)14-5-15-32-21-9-6-19(7-10-21)18-33-22-11-13-24-26(17-22)34-25-16-20(31)8-12-23(25)30-24/h5-14,16-17H,15,18H2,1-4H3. The van der Waals surface area contributed by atoms with E-state index in [9.17, 15) is 4.79 Å². The van der Waals surface area contributed by atoms with Crippen LogP contribution in [0.25, 0.3) is 22.6 Å². The van der Waals surface area contributed by atoms with Crippen LogP contribution in [0.4, 0.5) is 0 Å². The molecule has 1 saturated heterocycles. The van der Waals surface area contributed by atoms with Crippen molar-refractivity contribution in [1.29, 1.82) is 0 Å². The topological polar surface area (TPSA) is 80.0 Å². The largest absolute Gasteiger partial charge is 0.490 e. The molecule has 5 rings (SSSR count). The number of rotatable bonds is 7. The molecule has 184 valence electrons. The van der Waals surface area contributed by atoms with Gasteiger partial charge in [-0.1, -0.05) is 24.2 Å². The van der Waals surface area contributed by atoms with E-state index in [0.29, 0.717) is 41.5 Å². The molecule has 0 radical (unpaired) electrons. The Morgan fingerprint density at radius 1 is 0.889 bits per heavy atom. The van der Waals surface area contributed by atoms with Crippen molar-refractivity contribution in [2.24, 2.45) is 0 Å². The molecule has 0 saturated carbocycles. The van der Waals surface area contributed by atoms with E-state index >= 15 is 0 Å². The molecule has 0 spiro atoms. The first-order chi connectivity index (χ1) is 17.2. The molecular formula is C28H28BNO6. The summed E-state index contributed by atoms with van der Waals surface area (Å²) in [5.41, 5.74) is 2.07. The minimum absolute atomic E-state index is 0.117. The van der Waals surface area contributed by atoms with Crippen LogP contribution >= 0.6 is 0 Å². The Morgan fingerprint density at radius 2 is 1.61 bits per heavy atom. The third kappa shape index (κ3) is 5.15. The van der Waals surface area contributed by atoms with Gasteiger partial charge in [0.25, 0.3) is 0 Å². The van der Waals surface area contributed by atoms with Gasteiger partial charge >= 0.3 is 7.12 Å². The number of hydrogen-bond acceptors (Lipinski definition) is 7. The third-order valence-electron chi connectivity index (χ3n) is 6.56. The van der Waals surface area contributed by atoms with Crippen LogP contribution in [-0.2, 0) is 15.9 Å². The van der Waals surface area contributed by atoms with Crippen LogP contribution in [-0.4, -0.2) is 29.9 Å². The number of hydrogen-bond donors (Lipinski definition) is 0. The summed E-state index contributed by atoms with van der Waals surface area (Å²) < 4.78 is 29.5. The SMILES string of the molecule is CC1(C)OB(C=CCOc2ccc(COc3ccc4nc5ccc(=O)cc-5oc4c3)cc2)OC1(C)C. The molecule has 0 amide bonds. The lowest BCUT2D eigenvalue weighted by Gasteiger charge is -2.32. The molecule has 0 bridgehead atoms. The third-order valence-corrected chi connectivity index (χ3v) is 6.56. The van der Waals surface area contributed by atoms with Crippen LogP contribution < -0.4 is 14.9 Å². The Bertz CT molecular complexity index is 1410. The van der Waals surface area contributed by atoms with Gasteiger partial charge in [0, 0.05) is 12.1 Å². The van der Waals surface area contributed by atoms with Crippen LogP contribution in [0.3, 0.4) is 0 Å². The monoisotopic (exact) mass is 485 g/mol. The van der Waals surface area contributed by atoms with E-state index < -0.39 is 0 Å². The first kappa shape index (κ1) is 24.1. The summed E-state index contributed by atoms with van der Waals surface area (Å²) in [7, 11) is -0.375. The lowest BCUT2D eigenvalue weighted by molar-refractivity contribution is 0.00578. The molecule has 3 aliphatic rings. The molecule has 36 heavy (non-hydrogen) atoms. The van der Waals surface area contributed by atoms with Crippen LogP contribution in [0.1, 0.15) is 33.3 Å². The summed E-state index contributed by atoms with van der Waals surface area (Å²) in [4.78, 5) is 16.1. The Labute approximate surface area is 210 Å². The van der Waals surface area contributed by atoms with E-state index in [2.05, 4.69) is 4.98 Å². The summed E-state index contributed by atoms with van der Waals surface area (Å²) >= 11 is 0. The van der Waals surface area contributed by atoms with E-state index in [4.69, 9.17) is 23.2 Å². The normalized spacial score (nSPS) is 16.7. The molecule has 2 aromatic rings. The van der Waals surface area contributed by atoms with Gasteiger partial charge in [-0.05, 0) is 69.7 Å². The highest BCUT2D eigenvalue weighted by Crippen LogP contribution is 2.36. The molecular weight excluding hydrogens is 457 g/mol. The van der Waals surface area contributed by atoms with Crippen molar-refractivity contribution in [3.8, 4) is 23.0 Å².